The van der Waals surface area contributed by atoms with Crippen molar-refractivity contribution in [2.75, 3.05) is 45.2 Å². The van der Waals surface area contributed by atoms with E-state index in [4.69, 9.17) is 9.16 Å². The lowest BCUT2D eigenvalue weighted by Gasteiger charge is -2.44. The molecule has 11 heteroatoms. The van der Waals surface area contributed by atoms with Crippen molar-refractivity contribution >= 4 is 25.0 Å². The fourth-order valence-electron chi connectivity index (χ4n) is 5.20. The molecule has 0 N–H and O–H groups in total. The van der Waals surface area contributed by atoms with Crippen LogP contribution < -0.4 is 9.64 Å². The molecule has 2 aromatic rings. The van der Waals surface area contributed by atoms with Crippen LogP contribution in [0.2, 0.25) is 19.6 Å². The second-order valence-corrected chi connectivity index (χ2v) is 15.9. The molecule has 1 aliphatic heterocycles. The lowest BCUT2D eigenvalue weighted by Crippen LogP contribution is -2.52. The van der Waals surface area contributed by atoms with Gasteiger partial charge in [-0.3, -0.25) is 0 Å². The Morgan fingerprint density at radius 2 is 1.83 bits per heavy atom. The zero-order chi connectivity index (χ0) is 25.8. The van der Waals surface area contributed by atoms with Crippen molar-refractivity contribution in [3.8, 4) is 6.01 Å². The largest absolute Gasteiger partial charge is 0.463 e. The van der Waals surface area contributed by atoms with E-state index < -0.39 is 36.9 Å². The van der Waals surface area contributed by atoms with Crippen molar-refractivity contribution in [2.24, 2.45) is 5.41 Å². The number of benzene rings is 1. The highest BCUT2D eigenvalue weighted by Crippen LogP contribution is 2.60. The van der Waals surface area contributed by atoms with Gasteiger partial charge in [0, 0.05) is 37.5 Å². The van der Waals surface area contributed by atoms with Gasteiger partial charge in [0.05, 0.1) is 11.0 Å². The minimum Gasteiger partial charge on any atom is -0.463 e. The average molecular weight is 515 g/mol. The smallest absolute Gasteiger partial charge is 0.319 e. The zero-order valence-electron chi connectivity index (χ0n) is 21.2. The van der Waals surface area contributed by atoms with Gasteiger partial charge in [0.15, 0.2) is 14.1 Å². The molecule has 2 atom stereocenters. The minimum atomic E-state index is -2.85. The van der Waals surface area contributed by atoms with E-state index in [9.17, 15) is 17.6 Å². The van der Waals surface area contributed by atoms with Gasteiger partial charge in [0.2, 0.25) is 0 Å². The SMILES string of the molecule is CN(C)C[C@@]1(COc2nc(N3CCCC(C)(O[Si](C)(C)C)C3)c3cc(F)cc(F)c3n2)CC1(F)F. The summed E-state index contributed by atoms with van der Waals surface area (Å²) in [7, 11) is 1.58. The van der Waals surface area contributed by atoms with Crippen LogP contribution in [0.1, 0.15) is 26.2 Å². The van der Waals surface area contributed by atoms with E-state index in [1.165, 1.54) is 6.07 Å². The van der Waals surface area contributed by atoms with Crippen LogP contribution in [-0.4, -0.2) is 75.0 Å². The Balaban J connectivity index is 1.69. The third kappa shape index (κ3) is 5.56. The van der Waals surface area contributed by atoms with E-state index in [-0.39, 0.29) is 36.5 Å². The number of halogens is 4. The molecule has 1 aromatic heterocycles. The summed E-state index contributed by atoms with van der Waals surface area (Å²) in [6, 6.07) is 1.75. The van der Waals surface area contributed by atoms with Crippen LogP contribution >= 0.6 is 0 Å². The van der Waals surface area contributed by atoms with Gasteiger partial charge in [0.25, 0.3) is 5.92 Å². The Morgan fingerprint density at radius 3 is 2.43 bits per heavy atom. The number of alkyl halides is 2. The molecule has 35 heavy (non-hydrogen) atoms. The number of fused-ring (bicyclic) bond motifs is 1. The zero-order valence-corrected chi connectivity index (χ0v) is 22.2. The molecule has 0 amide bonds. The second-order valence-electron chi connectivity index (χ2n) is 11.5. The number of nitrogens with zero attached hydrogens (tertiary/aromatic N) is 4. The first-order valence-corrected chi connectivity index (χ1v) is 15.3. The highest BCUT2D eigenvalue weighted by atomic mass is 28.4. The van der Waals surface area contributed by atoms with Crippen LogP contribution in [0.25, 0.3) is 10.9 Å². The van der Waals surface area contributed by atoms with Gasteiger partial charge in [-0.2, -0.15) is 9.97 Å². The molecule has 1 unspecified atom stereocenters. The van der Waals surface area contributed by atoms with Gasteiger partial charge in [-0.15, -0.1) is 0 Å². The number of hydrogen-bond acceptors (Lipinski definition) is 6. The standard InChI is InChI=1S/C24H34F4N4O2Si/c1-22(34-35(4,5)6)8-7-9-32(13-22)20-17-10-16(25)11-18(26)19(17)29-21(30-20)33-15-23(14-31(2)3)12-24(23,27)28/h10-11H,7-9,12-15H2,1-6H3/t22?,23-/m1/s1. The summed E-state index contributed by atoms with van der Waals surface area (Å²) < 4.78 is 69.5. The molecular formula is C24H34F4N4O2Si. The second kappa shape index (κ2) is 8.84. The number of ether oxygens (including phenoxy) is 1. The van der Waals surface area contributed by atoms with Crippen molar-refractivity contribution in [1.82, 2.24) is 14.9 Å². The van der Waals surface area contributed by atoms with Gasteiger partial charge < -0.3 is 19.0 Å². The molecule has 1 aliphatic carbocycles. The molecule has 2 fully saturated rings. The van der Waals surface area contributed by atoms with Crippen molar-refractivity contribution in [3.05, 3.63) is 23.8 Å². The lowest BCUT2D eigenvalue weighted by molar-refractivity contribution is 0.0288. The monoisotopic (exact) mass is 514 g/mol. The molecule has 4 rings (SSSR count). The quantitative estimate of drug-likeness (QED) is 0.362. The van der Waals surface area contributed by atoms with E-state index in [1.807, 2.05) is 11.8 Å². The number of piperidine rings is 1. The Bertz CT molecular complexity index is 1110. The van der Waals surface area contributed by atoms with Crippen LogP contribution in [0.3, 0.4) is 0 Å². The number of anilines is 1. The molecular weight excluding hydrogens is 480 g/mol. The predicted molar refractivity (Wildman–Crippen MR) is 130 cm³/mol. The lowest BCUT2D eigenvalue weighted by atomic mass is 9.95. The number of hydrogen-bond donors (Lipinski definition) is 0. The summed E-state index contributed by atoms with van der Waals surface area (Å²) in [5.41, 5.74) is -1.89. The molecule has 0 radical (unpaired) electrons. The topological polar surface area (TPSA) is 50.7 Å². The molecule has 0 bridgehead atoms. The maximum absolute atomic E-state index is 14.8. The third-order valence-electron chi connectivity index (χ3n) is 6.50. The summed E-state index contributed by atoms with van der Waals surface area (Å²) in [5, 5.41) is 0.215. The third-order valence-corrected chi connectivity index (χ3v) is 7.60. The van der Waals surface area contributed by atoms with Gasteiger partial charge in [-0.05, 0) is 59.6 Å². The first-order valence-electron chi connectivity index (χ1n) is 11.9. The van der Waals surface area contributed by atoms with E-state index in [0.29, 0.717) is 18.9 Å². The molecule has 1 aromatic carbocycles. The van der Waals surface area contributed by atoms with Crippen LogP contribution in [0.5, 0.6) is 6.01 Å². The Hall–Kier alpha value is -1.98. The first kappa shape index (κ1) is 26.1. The van der Waals surface area contributed by atoms with Gasteiger partial charge in [-0.1, -0.05) is 0 Å². The average Bonchev–Trinajstić information content (AvgIpc) is 3.23. The predicted octanol–water partition coefficient (Wildman–Crippen LogP) is 5.08. The maximum atomic E-state index is 14.8. The summed E-state index contributed by atoms with van der Waals surface area (Å²) in [4.78, 5) is 12.2. The molecule has 2 aliphatic rings. The highest BCUT2D eigenvalue weighted by Gasteiger charge is 2.71. The van der Waals surface area contributed by atoms with Crippen LogP contribution in [0.15, 0.2) is 12.1 Å². The van der Waals surface area contributed by atoms with Crippen LogP contribution in [0, 0.1) is 17.0 Å². The maximum Gasteiger partial charge on any atom is 0.319 e. The van der Waals surface area contributed by atoms with Crippen molar-refractivity contribution in [2.45, 2.75) is 57.4 Å². The molecule has 1 saturated carbocycles. The van der Waals surface area contributed by atoms with E-state index in [0.717, 1.165) is 18.9 Å². The molecule has 194 valence electrons. The molecule has 0 spiro atoms. The highest BCUT2D eigenvalue weighted by molar-refractivity contribution is 6.69. The summed E-state index contributed by atoms with van der Waals surface area (Å²) in [6.07, 6.45) is 1.36. The molecule has 2 heterocycles. The normalized spacial score (nSPS) is 26.4. The van der Waals surface area contributed by atoms with Gasteiger partial charge in [-0.25, -0.2) is 17.6 Å². The number of aromatic nitrogens is 2. The van der Waals surface area contributed by atoms with Gasteiger partial charge in [0.1, 0.15) is 23.8 Å². The van der Waals surface area contributed by atoms with Crippen molar-refractivity contribution < 1.29 is 26.7 Å². The summed E-state index contributed by atoms with van der Waals surface area (Å²) in [5.74, 6) is -4.13. The summed E-state index contributed by atoms with van der Waals surface area (Å²) >= 11 is 0. The van der Waals surface area contributed by atoms with Crippen LogP contribution in [-0.2, 0) is 4.43 Å². The number of rotatable bonds is 8. The molecule has 1 saturated heterocycles. The van der Waals surface area contributed by atoms with Crippen molar-refractivity contribution in [3.63, 3.8) is 0 Å². The van der Waals surface area contributed by atoms with Crippen LogP contribution in [0.4, 0.5) is 23.4 Å². The Kier molecular flexibility index (Phi) is 6.59. The Morgan fingerprint density at radius 1 is 1.14 bits per heavy atom. The first-order chi connectivity index (χ1) is 16.1. The Labute approximate surface area is 204 Å². The summed E-state index contributed by atoms with van der Waals surface area (Å²) in [6.45, 7) is 9.31. The fourth-order valence-corrected chi connectivity index (χ4v) is 6.84. The van der Waals surface area contributed by atoms with Crippen molar-refractivity contribution in [1.29, 1.82) is 0 Å². The van der Waals surface area contributed by atoms with E-state index >= 15 is 0 Å². The fraction of sp³-hybridized carbons (Fsp3) is 0.667. The molecule has 6 nitrogen and oxygen atoms in total. The minimum absolute atomic E-state index is 0.103. The van der Waals surface area contributed by atoms with E-state index in [1.54, 1.807) is 19.0 Å². The van der Waals surface area contributed by atoms with E-state index in [2.05, 4.69) is 29.6 Å². The van der Waals surface area contributed by atoms with Gasteiger partial charge >= 0.3 is 6.01 Å².